The molecule has 2 saturated heterocycles. The van der Waals surface area contributed by atoms with Crippen LogP contribution in [0.4, 0.5) is 10.5 Å². The minimum atomic E-state index is -0.833. The largest absolute Gasteiger partial charge is 0.481 e. The SMILES string of the molecule is CC(=O)O.CCOC(=O)N1CCN(C2CC(=O)N(c3ccccc3CC)C2=O)CC1. The first-order valence-electron chi connectivity index (χ1n) is 10.1. The fraction of sp³-hybridized carbons (Fsp3) is 0.524. The summed E-state index contributed by atoms with van der Waals surface area (Å²) in [6, 6.07) is 7.09. The van der Waals surface area contributed by atoms with E-state index in [1.807, 2.05) is 36.1 Å². The van der Waals surface area contributed by atoms with Gasteiger partial charge in [0.25, 0.3) is 11.9 Å². The number of carboxylic acids is 1. The molecule has 164 valence electrons. The lowest BCUT2D eigenvalue weighted by molar-refractivity contribution is -0.134. The minimum absolute atomic E-state index is 0.159. The molecule has 0 radical (unpaired) electrons. The van der Waals surface area contributed by atoms with Gasteiger partial charge in [0.2, 0.25) is 5.91 Å². The topological polar surface area (TPSA) is 107 Å². The van der Waals surface area contributed by atoms with Gasteiger partial charge in [-0.05, 0) is 25.0 Å². The molecule has 0 spiro atoms. The monoisotopic (exact) mass is 419 g/mol. The highest BCUT2D eigenvalue weighted by molar-refractivity contribution is 6.22. The number of amides is 3. The van der Waals surface area contributed by atoms with Gasteiger partial charge in [0.05, 0.1) is 24.8 Å². The van der Waals surface area contributed by atoms with E-state index < -0.39 is 12.0 Å². The number of carbonyl (C=O) groups excluding carboxylic acids is 3. The summed E-state index contributed by atoms with van der Waals surface area (Å²) in [5.74, 6) is -1.16. The second kappa shape index (κ2) is 10.7. The Labute approximate surface area is 176 Å². The Balaban J connectivity index is 0.000000735. The number of rotatable bonds is 4. The van der Waals surface area contributed by atoms with Gasteiger partial charge in [-0.1, -0.05) is 25.1 Å². The molecule has 2 heterocycles. The number of piperazine rings is 1. The summed E-state index contributed by atoms with van der Waals surface area (Å²) in [5.41, 5.74) is 1.68. The van der Waals surface area contributed by atoms with Gasteiger partial charge in [0.15, 0.2) is 0 Å². The van der Waals surface area contributed by atoms with Crippen LogP contribution in [0.2, 0.25) is 0 Å². The molecule has 2 fully saturated rings. The predicted molar refractivity (Wildman–Crippen MR) is 110 cm³/mol. The van der Waals surface area contributed by atoms with Gasteiger partial charge in [-0.25, -0.2) is 9.69 Å². The van der Waals surface area contributed by atoms with Crippen molar-refractivity contribution in [3.05, 3.63) is 29.8 Å². The van der Waals surface area contributed by atoms with Crippen molar-refractivity contribution in [1.82, 2.24) is 9.80 Å². The van der Waals surface area contributed by atoms with Crippen LogP contribution in [-0.4, -0.2) is 77.6 Å². The third kappa shape index (κ3) is 5.56. The van der Waals surface area contributed by atoms with Crippen LogP contribution in [-0.2, 0) is 25.5 Å². The van der Waals surface area contributed by atoms with E-state index in [0.29, 0.717) is 38.5 Å². The van der Waals surface area contributed by atoms with Crippen LogP contribution in [0.15, 0.2) is 24.3 Å². The van der Waals surface area contributed by atoms with Crippen LogP contribution >= 0.6 is 0 Å². The quantitative estimate of drug-likeness (QED) is 0.741. The van der Waals surface area contributed by atoms with Gasteiger partial charge in [-0.2, -0.15) is 0 Å². The van der Waals surface area contributed by atoms with Crippen LogP contribution in [0.25, 0.3) is 0 Å². The number of aryl methyl sites for hydroxylation is 1. The van der Waals surface area contributed by atoms with Gasteiger partial charge < -0.3 is 14.7 Å². The summed E-state index contributed by atoms with van der Waals surface area (Å²) in [4.78, 5) is 51.3. The molecule has 2 aliphatic rings. The first-order valence-corrected chi connectivity index (χ1v) is 10.1. The Morgan fingerprint density at radius 1 is 1.10 bits per heavy atom. The zero-order valence-electron chi connectivity index (χ0n) is 17.7. The van der Waals surface area contributed by atoms with E-state index in [-0.39, 0.29) is 24.3 Å². The lowest BCUT2D eigenvalue weighted by Crippen LogP contribution is -2.54. The number of benzene rings is 1. The van der Waals surface area contributed by atoms with Gasteiger partial charge >= 0.3 is 6.09 Å². The minimum Gasteiger partial charge on any atom is -0.481 e. The summed E-state index contributed by atoms with van der Waals surface area (Å²) < 4.78 is 5.02. The molecule has 2 aliphatic heterocycles. The molecule has 0 saturated carbocycles. The molecule has 1 aromatic rings. The Hall–Kier alpha value is -2.94. The maximum absolute atomic E-state index is 13.0. The smallest absolute Gasteiger partial charge is 0.409 e. The number of hydrogen-bond donors (Lipinski definition) is 1. The first-order chi connectivity index (χ1) is 14.3. The molecule has 0 aliphatic carbocycles. The highest BCUT2D eigenvalue weighted by Crippen LogP contribution is 2.29. The molecule has 1 atom stereocenters. The average Bonchev–Trinajstić information content (AvgIpc) is 3.01. The third-order valence-corrected chi connectivity index (χ3v) is 5.02. The average molecular weight is 419 g/mol. The van der Waals surface area contributed by atoms with Gasteiger partial charge in [-0.3, -0.25) is 19.3 Å². The van der Waals surface area contributed by atoms with Crippen LogP contribution < -0.4 is 4.90 Å². The molecule has 1 unspecified atom stereocenters. The van der Waals surface area contributed by atoms with Gasteiger partial charge in [0.1, 0.15) is 0 Å². The predicted octanol–water partition coefficient (Wildman–Crippen LogP) is 1.75. The molecular weight excluding hydrogens is 390 g/mol. The number of anilines is 1. The molecule has 0 bridgehead atoms. The summed E-state index contributed by atoms with van der Waals surface area (Å²) in [7, 11) is 0. The number of aliphatic carboxylic acids is 1. The van der Waals surface area contributed by atoms with Crippen molar-refractivity contribution in [2.24, 2.45) is 0 Å². The number of hydrogen-bond acceptors (Lipinski definition) is 6. The molecular formula is C21H29N3O6. The molecule has 1 N–H and O–H groups in total. The number of ether oxygens (including phenoxy) is 1. The van der Waals surface area contributed by atoms with Gasteiger partial charge in [0, 0.05) is 33.1 Å². The summed E-state index contributed by atoms with van der Waals surface area (Å²) >= 11 is 0. The van der Waals surface area contributed by atoms with Crippen LogP contribution in [0, 0.1) is 0 Å². The van der Waals surface area contributed by atoms with E-state index in [0.717, 1.165) is 18.9 Å². The molecule has 3 amide bonds. The Kier molecular flexibility index (Phi) is 8.35. The maximum Gasteiger partial charge on any atom is 0.409 e. The lowest BCUT2D eigenvalue weighted by Gasteiger charge is -2.36. The van der Waals surface area contributed by atoms with Gasteiger partial charge in [-0.15, -0.1) is 0 Å². The zero-order chi connectivity index (χ0) is 22.3. The zero-order valence-corrected chi connectivity index (χ0v) is 17.7. The Morgan fingerprint density at radius 2 is 1.70 bits per heavy atom. The molecule has 9 nitrogen and oxygen atoms in total. The van der Waals surface area contributed by atoms with E-state index in [1.165, 1.54) is 4.90 Å². The number of carbonyl (C=O) groups is 4. The molecule has 9 heteroatoms. The summed E-state index contributed by atoms with van der Waals surface area (Å²) in [6.45, 7) is 7.35. The Bertz CT molecular complexity index is 785. The number of carboxylic acid groups (broad SMARTS) is 1. The molecule has 0 aromatic heterocycles. The van der Waals surface area contributed by atoms with Crippen molar-refractivity contribution in [1.29, 1.82) is 0 Å². The highest BCUT2D eigenvalue weighted by atomic mass is 16.6. The third-order valence-electron chi connectivity index (χ3n) is 5.02. The highest BCUT2D eigenvalue weighted by Gasteiger charge is 2.44. The van der Waals surface area contributed by atoms with E-state index in [4.69, 9.17) is 14.6 Å². The summed E-state index contributed by atoms with van der Waals surface area (Å²) in [6.07, 6.45) is 0.631. The van der Waals surface area contributed by atoms with Crippen LogP contribution in [0.1, 0.15) is 32.8 Å². The second-order valence-corrected chi connectivity index (χ2v) is 7.01. The van der Waals surface area contributed by atoms with Crippen molar-refractivity contribution >= 4 is 29.6 Å². The fourth-order valence-corrected chi connectivity index (χ4v) is 3.61. The molecule has 30 heavy (non-hydrogen) atoms. The molecule has 3 rings (SSSR count). The number of nitrogens with zero attached hydrogens (tertiary/aromatic N) is 3. The molecule has 1 aromatic carbocycles. The van der Waals surface area contributed by atoms with E-state index in [9.17, 15) is 14.4 Å². The number of imide groups is 1. The van der Waals surface area contributed by atoms with Crippen LogP contribution in [0.5, 0.6) is 0 Å². The summed E-state index contributed by atoms with van der Waals surface area (Å²) in [5, 5.41) is 7.42. The Morgan fingerprint density at radius 3 is 2.27 bits per heavy atom. The van der Waals surface area contributed by atoms with Crippen molar-refractivity contribution < 1.29 is 29.0 Å². The van der Waals surface area contributed by atoms with Crippen molar-refractivity contribution in [2.75, 3.05) is 37.7 Å². The van der Waals surface area contributed by atoms with Crippen molar-refractivity contribution in [2.45, 2.75) is 39.7 Å². The fourth-order valence-electron chi connectivity index (χ4n) is 3.61. The first kappa shape index (κ1) is 23.3. The second-order valence-electron chi connectivity index (χ2n) is 7.01. The maximum atomic E-state index is 13.0. The lowest BCUT2D eigenvalue weighted by atomic mass is 10.1. The van der Waals surface area contributed by atoms with E-state index in [2.05, 4.69) is 0 Å². The van der Waals surface area contributed by atoms with E-state index in [1.54, 1.807) is 11.8 Å². The van der Waals surface area contributed by atoms with Crippen molar-refractivity contribution in [3.8, 4) is 0 Å². The van der Waals surface area contributed by atoms with E-state index >= 15 is 0 Å². The van der Waals surface area contributed by atoms with Crippen LogP contribution in [0.3, 0.4) is 0 Å². The number of para-hydroxylation sites is 1. The standard InChI is InChI=1S/C19H25N3O4.C2H4O2/c1-3-14-7-5-6-8-15(14)22-17(23)13-16(18(22)24)20-9-11-21(12-10-20)19(25)26-4-2;1-2(3)4/h5-8,16H,3-4,9-13H2,1-2H3;1H3,(H,3,4). The normalized spacial score (nSPS) is 19.4. The van der Waals surface area contributed by atoms with Crippen molar-refractivity contribution in [3.63, 3.8) is 0 Å².